The van der Waals surface area contributed by atoms with Crippen LogP contribution in [0, 0.1) is 6.92 Å². The minimum absolute atomic E-state index is 0.525. The van der Waals surface area contributed by atoms with E-state index in [-0.39, 0.29) is 0 Å². The smallest absolute Gasteiger partial charge is 0.0860 e. The summed E-state index contributed by atoms with van der Waals surface area (Å²) >= 11 is 6.37. The van der Waals surface area contributed by atoms with Gasteiger partial charge in [0, 0.05) is 19.1 Å². The Kier molecular flexibility index (Phi) is 4.32. The summed E-state index contributed by atoms with van der Waals surface area (Å²) in [5.74, 6) is 0. The first-order valence-electron chi connectivity index (χ1n) is 7.71. The summed E-state index contributed by atoms with van der Waals surface area (Å²) in [5, 5.41) is 8.94. The van der Waals surface area contributed by atoms with E-state index < -0.39 is 0 Å². The van der Waals surface area contributed by atoms with Crippen molar-refractivity contribution < 1.29 is 0 Å². The first-order valence-corrected chi connectivity index (χ1v) is 8.08. The standard InChI is InChI=1S/C17H22ClN3/c1-3-21-16(17(18)12(2)20-21)11-19-15-9-8-13-6-4-5-7-14(13)10-15/h4-7,15,19H,3,8-11H2,1-2H3. The van der Waals surface area contributed by atoms with Crippen molar-refractivity contribution >= 4 is 11.6 Å². The fraction of sp³-hybridized carbons (Fsp3) is 0.471. The zero-order chi connectivity index (χ0) is 14.8. The summed E-state index contributed by atoms with van der Waals surface area (Å²) in [6.45, 7) is 5.72. The second-order valence-electron chi connectivity index (χ2n) is 5.75. The molecule has 4 heteroatoms. The van der Waals surface area contributed by atoms with Gasteiger partial charge < -0.3 is 5.32 Å². The van der Waals surface area contributed by atoms with E-state index in [0.717, 1.165) is 42.3 Å². The second kappa shape index (κ2) is 6.20. The molecule has 2 aromatic rings. The average molecular weight is 304 g/mol. The molecule has 3 nitrogen and oxygen atoms in total. The summed E-state index contributed by atoms with van der Waals surface area (Å²) in [6, 6.07) is 9.29. The lowest BCUT2D eigenvalue weighted by atomic mass is 9.88. The van der Waals surface area contributed by atoms with Crippen LogP contribution in [0.3, 0.4) is 0 Å². The minimum Gasteiger partial charge on any atom is -0.308 e. The lowest BCUT2D eigenvalue weighted by Crippen LogP contribution is -2.34. The SMILES string of the molecule is CCn1nc(C)c(Cl)c1CNC1CCc2ccccc2C1. The Morgan fingerprint density at radius 3 is 2.86 bits per heavy atom. The van der Waals surface area contributed by atoms with Crippen molar-refractivity contribution in [1.82, 2.24) is 15.1 Å². The fourth-order valence-electron chi connectivity index (χ4n) is 3.15. The van der Waals surface area contributed by atoms with E-state index in [4.69, 9.17) is 11.6 Å². The quantitative estimate of drug-likeness (QED) is 0.936. The van der Waals surface area contributed by atoms with Crippen LogP contribution in [-0.4, -0.2) is 15.8 Å². The third kappa shape index (κ3) is 2.99. The van der Waals surface area contributed by atoms with E-state index in [1.54, 1.807) is 0 Å². The predicted octanol–water partition coefficient (Wildman–Crippen LogP) is 3.51. The minimum atomic E-state index is 0.525. The summed E-state index contributed by atoms with van der Waals surface area (Å²) in [7, 11) is 0. The van der Waals surface area contributed by atoms with E-state index in [2.05, 4.69) is 41.6 Å². The van der Waals surface area contributed by atoms with Gasteiger partial charge in [0.1, 0.15) is 0 Å². The Balaban J connectivity index is 1.67. The molecule has 1 aliphatic carbocycles. The number of fused-ring (bicyclic) bond motifs is 1. The number of nitrogens with one attached hydrogen (secondary N) is 1. The molecule has 112 valence electrons. The van der Waals surface area contributed by atoms with Crippen LogP contribution in [0.1, 0.15) is 35.9 Å². The van der Waals surface area contributed by atoms with Crippen molar-refractivity contribution in [1.29, 1.82) is 0 Å². The molecule has 1 aromatic heterocycles. The third-order valence-electron chi connectivity index (χ3n) is 4.36. The van der Waals surface area contributed by atoms with Gasteiger partial charge >= 0.3 is 0 Å². The van der Waals surface area contributed by atoms with Gasteiger partial charge in [-0.2, -0.15) is 5.10 Å². The van der Waals surface area contributed by atoms with Gasteiger partial charge in [0.25, 0.3) is 0 Å². The monoisotopic (exact) mass is 303 g/mol. The molecule has 1 aromatic carbocycles. The molecule has 0 fully saturated rings. The Bertz CT molecular complexity index is 633. The van der Waals surface area contributed by atoms with Gasteiger partial charge in [-0.05, 0) is 44.2 Å². The molecule has 0 bridgehead atoms. The highest BCUT2D eigenvalue weighted by molar-refractivity contribution is 6.31. The van der Waals surface area contributed by atoms with Gasteiger partial charge in [0.15, 0.2) is 0 Å². The number of aryl methyl sites for hydroxylation is 3. The van der Waals surface area contributed by atoms with Crippen LogP contribution < -0.4 is 5.32 Å². The largest absolute Gasteiger partial charge is 0.308 e. The lowest BCUT2D eigenvalue weighted by molar-refractivity contribution is 0.445. The number of benzene rings is 1. The van der Waals surface area contributed by atoms with Gasteiger partial charge in [-0.3, -0.25) is 4.68 Å². The maximum Gasteiger partial charge on any atom is 0.0860 e. The van der Waals surface area contributed by atoms with E-state index >= 15 is 0 Å². The van der Waals surface area contributed by atoms with Crippen molar-refractivity contribution in [2.24, 2.45) is 0 Å². The van der Waals surface area contributed by atoms with Crippen LogP contribution in [0.2, 0.25) is 5.02 Å². The molecule has 0 aliphatic heterocycles. The first kappa shape index (κ1) is 14.6. The van der Waals surface area contributed by atoms with Crippen molar-refractivity contribution in [2.45, 2.75) is 52.2 Å². The molecule has 0 radical (unpaired) electrons. The molecule has 0 saturated carbocycles. The van der Waals surface area contributed by atoms with E-state index in [1.165, 1.54) is 17.5 Å². The summed E-state index contributed by atoms with van der Waals surface area (Å²) < 4.78 is 2.00. The molecule has 1 atom stereocenters. The molecule has 0 saturated heterocycles. The predicted molar refractivity (Wildman–Crippen MR) is 86.7 cm³/mol. The molecular formula is C17H22ClN3. The van der Waals surface area contributed by atoms with Crippen LogP contribution in [-0.2, 0) is 25.9 Å². The van der Waals surface area contributed by atoms with Crippen molar-refractivity contribution in [2.75, 3.05) is 0 Å². The highest BCUT2D eigenvalue weighted by Crippen LogP contribution is 2.23. The van der Waals surface area contributed by atoms with E-state index in [9.17, 15) is 0 Å². The van der Waals surface area contributed by atoms with Crippen molar-refractivity contribution in [3.05, 3.63) is 51.8 Å². The lowest BCUT2D eigenvalue weighted by Gasteiger charge is -2.25. The fourth-order valence-corrected chi connectivity index (χ4v) is 3.35. The number of halogens is 1. The average Bonchev–Trinajstić information content (AvgIpc) is 2.79. The second-order valence-corrected chi connectivity index (χ2v) is 6.13. The van der Waals surface area contributed by atoms with Crippen LogP contribution in [0.5, 0.6) is 0 Å². The van der Waals surface area contributed by atoms with Crippen LogP contribution >= 0.6 is 11.6 Å². The van der Waals surface area contributed by atoms with Gasteiger partial charge in [0.05, 0.1) is 16.4 Å². The van der Waals surface area contributed by atoms with Crippen molar-refractivity contribution in [3.63, 3.8) is 0 Å². The highest BCUT2D eigenvalue weighted by Gasteiger charge is 2.19. The van der Waals surface area contributed by atoms with E-state index in [0.29, 0.717) is 6.04 Å². The summed E-state index contributed by atoms with van der Waals surface area (Å²) in [6.07, 6.45) is 3.45. The maximum atomic E-state index is 6.37. The Labute approximate surface area is 131 Å². The van der Waals surface area contributed by atoms with Crippen LogP contribution in [0.25, 0.3) is 0 Å². The van der Waals surface area contributed by atoms with E-state index in [1.807, 2.05) is 11.6 Å². The normalized spacial score (nSPS) is 17.8. The molecule has 1 aliphatic rings. The molecular weight excluding hydrogens is 282 g/mol. The number of aromatic nitrogens is 2. The van der Waals surface area contributed by atoms with Crippen molar-refractivity contribution in [3.8, 4) is 0 Å². The molecule has 0 amide bonds. The Hall–Kier alpha value is -1.32. The number of nitrogens with zero attached hydrogens (tertiary/aromatic N) is 2. The molecule has 0 spiro atoms. The Morgan fingerprint density at radius 2 is 2.10 bits per heavy atom. The van der Waals surface area contributed by atoms with Gasteiger partial charge in [-0.15, -0.1) is 0 Å². The summed E-state index contributed by atoms with van der Waals surface area (Å²) in [4.78, 5) is 0. The molecule has 1 heterocycles. The number of hydrogen-bond donors (Lipinski definition) is 1. The Morgan fingerprint density at radius 1 is 1.33 bits per heavy atom. The molecule has 21 heavy (non-hydrogen) atoms. The molecule has 3 rings (SSSR count). The van der Waals surface area contributed by atoms with Gasteiger partial charge in [-0.25, -0.2) is 0 Å². The molecule has 1 N–H and O–H groups in total. The van der Waals surface area contributed by atoms with Gasteiger partial charge in [-0.1, -0.05) is 35.9 Å². The maximum absolute atomic E-state index is 6.37. The van der Waals surface area contributed by atoms with Crippen LogP contribution in [0.4, 0.5) is 0 Å². The number of hydrogen-bond acceptors (Lipinski definition) is 2. The highest BCUT2D eigenvalue weighted by atomic mass is 35.5. The first-order chi connectivity index (χ1) is 10.2. The number of rotatable bonds is 4. The van der Waals surface area contributed by atoms with Gasteiger partial charge in [0.2, 0.25) is 0 Å². The van der Waals surface area contributed by atoms with Crippen LogP contribution in [0.15, 0.2) is 24.3 Å². The third-order valence-corrected chi connectivity index (χ3v) is 4.85. The zero-order valence-electron chi connectivity index (χ0n) is 12.7. The summed E-state index contributed by atoms with van der Waals surface area (Å²) in [5.41, 5.74) is 5.01. The molecule has 1 unspecified atom stereocenters. The zero-order valence-corrected chi connectivity index (χ0v) is 13.5. The topological polar surface area (TPSA) is 29.9 Å².